The molecule has 3 aromatic heterocycles. The number of fused-ring (bicyclic) bond motifs is 2. The van der Waals surface area contributed by atoms with E-state index in [1.807, 2.05) is 13.0 Å². The number of piperidine rings is 1. The van der Waals surface area contributed by atoms with Gasteiger partial charge in [-0.2, -0.15) is 5.10 Å². The molecule has 5 aromatic rings. The Morgan fingerprint density at radius 2 is 1.98 bits per heavy atom. The predicted octanol–water partition coefficient (Wildman–Crippen LogP) is 5.24. The molecule has 1 aliphatic heterocycles. The molecule has 0 spiro atoms. The molecular weight excluding hydrogens is 520 g/mol. The van der Waals surface area contributed by atoms with Crippen LogP contribution in [0.15, 0.2) is 61.3 Å². The SMILES string of the molecule is [2H]C([2H])([2H])N1CC[C@@]([2H])(Oc2cc(OC)cc3ncnc(Nc4ccc(Oc5ccn6ncnc6c5)c(C)c4)c23)C(F)(F)C1. The second-order valence-electron chi connectivity index (χ2n) is 9.28. The number of rotatable bonds is 7. The molecule has 0 radical (unpaired) electrons. The first-order chi connectivity index (χ1) is 20.8. The lowest BCUT2D eigenvalue weighted by Crippen LogP contribution is -2.52. The summed E-state index contributed by atoms with van der Waals surface area (Å²) in [6.07, 6.45) is 1.18. The summed E-state index contributed by atoms with van der Waals surface area (Å²) in [5.74, 6) is -2.24. The van der Waals surface area contributed by atoms with Crippen LogP contribution in [0.25, 0.3) is 16.6 Å². The van der Waals surface area contributed by atoms with Crippen molar-refractivity contribution in [2.24, 2.45) is 0 Å². The Labute approximate surface area is 234 Å². The topological polar surface area (TPSA) is 98.9 Å². The smallest absolute Gasteiger partial charge is 0.296 e. The molecule has 0 bridgehead atoms. The minimum absolute atomic E-state index is 0.111. The van der Waals surface area contributed by atoms with Crippen LogP contribution in [0, 0.1) is 6.92 Å². The maximum atomic E-state index is 15.3. The van der Waals surface area contributed by atoms with Gasteiger partial charge in [-0.25, -0.2) is 28.2 Å². The molecule has 1 saturated heterocycles. The van der Waals surface area contributed by atoms with Gasteiger partial charge in [-0.1, -0.05) is 0 Å². The van der Waals surface area contributed by atoms with Crippen LogP contribution < -0.4 is 19.5 Å². The summed E-state index contributed by atoms with van der Waals surface area (Å²) < 4.78 is 80.7. The fourth-order valence-electron chi connectivity index (χ4n) is 4.47. The number of alkyl halides is 2. The number of aryl methyl sites for hydroxylation is 1. The fraction of sp³-hybridized carbons (Fsp3) is 0.286. The maximum absolute atomic E-state index is 15.3. The van der Waals surface area contributed by atoms with Crippen molar-refractivity contribution < 1.29 is 28.5 Å². The highest BCUT2D eigenvalue weighted by Crippen LogP contribution is 2.39. The Balaban J connectivity index is 1.31. The number of ether oxygens (including phenoxy) is 3. The quantitative estimate of drug-likeness (QED) is 0.291. The van der Waals surface area contributed by atoms with Gasteiger partial charge in [0.25, 0.3) is 5.92 Å². The van der Waals surface area contributed by atoms with Crippen molar-refractivity contribution in [1.29, 1.82) is 0 Å². The Morgan fingerprint density at radius 1 is 1.07 bits per heavy atom. The van der Waals surface area contributed by atoms with Gasteiger partial charge in [0.05, 0.1) is 25.9 Å². The molecular formula is C28H27F2N7O3. The minimum atomic E-state index is -3.82. The summed E-state index contributed by atoms with van der Waals surface area (Å²) in [6.45, 7) is -2.29. The molecule has 0 aliphatic carbocycles. The largest absolute Gasteiger partial charge is 0.497 e. The van der Waals surface area contributed by atoms with E-state index >= 15 is 8.78 Å². The van der Waals surface area contributed by atoms with E-state index in [-0.39, 0.29) is 29.2 Å². The molecule has 2 aromatic carbocycles. The molecule has 40 heavy (non-hydrogen) atoms. The lowest BCUT2D eigenvalue weighted by molar-refractivity contribution is -0.134. The van der Waals surface area contributed by atoms with Crippen molar-refractivity contribution in [1.82, 2.24) is 29.5 Å². The summed E-state index contributed by atoms with van der Waals surface area (Å²) >= 11 is 0. The molecule has 1 fully saturated rings. The average molecular weight is 552 g/mol. The number of nitrogens with zero attached hydrogens (tertiary/aromatic N) is 6. The Bertz CT molecular complexity index is 1860. The van der Waals surface area contributed by atoms with E-state index in [1.54, 1.807) is 41.0 Å². The number of aromatic nitrogens is 5. The number of hydrogen-bond acceptors (Lipinski definition) is 9. The van der Waals surface area contributed by atoms with Gasteiger partial charge in [-0.15, -0.1) is 0 Å². The number of methoxy groups -OCH3 is 1. The lowest BCUT2D eigenvalue weighted by Gasteiger charge is -2.36. The third-order valence-corrected chi connectivity index (χ3v) is 6.47. The van der Waals surface area contributed by atoms with Gasteiger partial charge in [0.15, 0.2) is 11.7 Å². The second-order valence-corrected chi connectivity index (χ2v) is 9.28. The van der Waals surface area contributed by atoms with E-state index in [1.165, 1.54) is 25.8 Å². The number of halogens is 2. The van der Waals surface area contributed by atoms with Gasteiger partial charge in [0, 0.05) is 47.2 Å². The third kappa shape index (κ3) is 5.05. The normalized spacial score (nSPS) is 20.8. The monoisotopic (exact) mass is 551 g/mol. The number of anilines is 2. The number of hydrogen-bond donors (Lipinski definition) is 1. The molecule has 12 heteroatoms. The predicted molar refractivity (Wildman–Crippen MR) is 145 cm³/mol. The molecule has 6 rings (SSSR count). The summed E-state index contributed by atoms with van der Waals surface area (Å²) in [7, 11) is 1.40. The van der Waals surface area contributed by atoms with Gasteiger partial charge >= 0.3 is 0 Å². The molecule has 206 valence electrons. The number of benzene rings is 2. The molecule has 0 saturated carbocycles. The van der Waals surface area contributed by atoms with Crippen LogP contribution in [0.5, 0.6) is 23.0 Å². The van der Waals surface area contributed by atoms with Gasteiger partial charge in [-0.05, 0) is 43.7 Å². The summed E-state index contributed by atoms with van der Waals surface area (Å²) in [5.41, 5.74) is 2.36. The first-order valence-electron chi connectivity index (χ1n) is 14.3. The van der Waals surface area contributed by atoms with Gasteiger partial charge in [-0.3, -0.25) is 0 Å². The number of likely N-dealkylation sites (tertiary alicyclic amines) is 1. The molecule has 0 amide bonds. The van der Waals surface area contributed by atoms with Crippen LogP contribution in [0.2, 0.25) is 0 Å². The zero-order chi connectivity index (χ0) is 31.3. The van der Waals surface area contributed by atoms with E-state index in [0.29, 0.717) is 33.3 Å². The summed E-state index contributed by atoms with van der Waals surface area (Å²) in [6, 6.07) is 11.9. The van der Waals surface area contributed by atoms with Gasteiger partial charge in [0.2, 0.25) is 0 Å². The second kappa shape index (κ2) is 10.2. The highest BCUT2D eigenvalue weighted by Gasteiger charge is 2.45. The highest BCUT2D eigenvalue weighted by atomic mass is 19.3. The molecule has 0 unspecified atom stereocenters. The van der Waals surface area contributed by atoms with E-state index in [0.717, 1.165) is 5.56 Å². The van der Waals surface area contributed by atoms with Crippen molar-refractivity contribution in [3.63, 3.8) is 0 Å². The van der Waals surface area contributed by atoms with Gasteiger partial charge < -0.3 is 24.4 Å². The van der Waals surface area contributed by atoms with Crippen LogP contribution in [-0.2, 0) is 0 Å². The first kappa shape index (κ1) is 21.3. The van der Waals surface area contributed by atoms with E-state index in [9.17, 15) is 0 Å². The highest BCUT2D eigenvalue weighted by molar-refractivity contribution is 5.96. The van der Waals surface area contributed by atoms with Crippen molar-refractivity contribution >= 4 is 28.1 Å². The van der Waals surface area contributed by atoms with E-state index < -0.39 is 31.9 Å². The summed E-state index contributed by atoms with van der Waals surface area (Å²) in [4.78, 5) is 13.4. The summed E-state index contributed by atoms with van der Waals surface area (Å²) in [5, 5.41) is 7.51. The van der Waals surface area contributed by atoms with E-state index in [4.69, 9.17) is 19.7 Å². The molecule has 1 aliphatic rings. The van der Waals surface area contributed by atoms with Crippen LogP contribution in [0.4, 0.5) is 20.3 Å². The molecule has 10 nitrogen and oxygen atoms in total. The number of pyridine rings is 1. The molecule has 1 N–H and O–H groups in total. The zero-order valence-corrected chi connectivity index (χ0v) is 21.6. The first-order valence-corrected chi connectivity index (χ1v) is 12.3. The zero-order valence-electron chi connectivity index (χ0n) is 25.6. The molecule has 1 atom stereocenters. The van der Waals surface area contributed by atoms with Crippen molar-refractivity contribution in [3.05, 3.63) is 66.9 Å². The average Bonchev–Trinajstić information content (AvgIpc) is 3.43. The minimum Gasteiger partial charge on any atom is -0.497 e. The standard InChI is InChI=1S/C28H27F2N7O3/c1-17-10-18(4-5-22(17)39-19-6-9-37-25(13-19)32-16-34-37)35-27-26-21(31-15-33-27)11-20(38-3)12-23(26)40-24-7-8-36(2)14-28(24,29)30/h4-6,9-13,15-16,24H,7-8,14H2,1-3H3,(H,31,33,35)/t24-/m1/s1/i2D3,24D. The van der Waals surface area contributed by atoms with Crippen LogP contribution in [0.3, 0.4) is 0 Å². The fourth-order valence-corrected chi connectivity index (χ4v) is 4.47. The van der Waals surface area contributed by atoms with Crippen LogP contribution >= 0.6 is 0 Å². The van der Waals surface area contributed by atoms with Crippen molar-refractivity contribution in [3.8, 4) is 23.0 Å². The maximum Gasteiger partial charge on any atom is 0.296 e. The lowest BCUT2D eigenvalue weighted by atomic mass is 10.0. The van der Waals surface area contributed by atoms with Crippen LogP contribution in [0.1, 0.15) is 17.5 Å². The Morgan fingerprint density at radius 3 is 2.77 bits per heavy atom. The van der Waals surface area contributed by atoms with E-state index in [2.05, 4.69) is 25.4 Å². The van der Waals surface area contributed by atoms with Crippen molar-refractivity contribution in [2.45, 2.75) is 25.3 Å². The van der Waals surface area contributed by atoms with Crippen LogP contribution in [-0.4, -0.2) is 68.6 Å². The molecule has 4 heterocycles. The Hall–Kier alpha value is -4.58. The number of nitrogens with one attached hydrogen (secondary N) is 1. The third-order valence-electron chi connectivity index (χ3n) is 6.47. The van der Waals surface area contributed by atoms with Gasteiger partial charge in [0.1, 0.15) is 41.5 Å². The van der Waals surface area contributed by atoms with Crippen molar-refractivity contribution in [2.75, 3.05) is 32.5 Å². The Kier molecular flexibility index (Phi) is 5.42.